The zero-order valence-corrected chi connectivity index (χ0v) is 13.9. The highest BCUT2D eigenvalue weighted by atomic mass is 16.5. The lowest BCUT2D eigenvalue weighted by molar-refractivity contribution is 0.101. The van der Waals surface area contributed by atoms with E-state index in [9.17, 15) is 4.79 Å². The first-order valence-corrected chi connectivity index (χ1v) is 8.62. The minimum absolute atomic E-state index is 0.267. The van der Waals surface area contributed by atoms with Gasteiger partial charge < -0.3 is 15.0 Å². The molecule has 0 radical (unpaired) electrons. The Hall–Kier alpha value is -2.89. The number of nitrogens with one attached hydrogen (secondary N) is 2. The summed E-state index contributed by atoms with van der Waals surface area (Å²) in [6, 6.07) is 7.62. The van der Waals surface area contributed by atoms with Gasteiger partial charge in [0.15, 0.2) is 5.82 Å². The summed E-state index contributed by atoms with van der Waals surface area (Å²) in [6.07, 6.45) is 10.0. The average Bonchev–Trinajstić information content (AvgIpc) is 3.33. The van der Waals surface area contributed by atoms with E-state index in [2.05, 4.69) is 20.3 Å². The average molecular weight is 336 g/mol. The standard InChI is InChI=1S/C19H20N4O2/c24-18(17-20-9-10-21-17)23-15-5-6-16-14(11-15)7-8-22-19(16)25-12-13-3-1-2-4-13/h5-11,13H,1-4,12H2,(H,20,21)(H,23,24). The fourth-order valence-electron chi connectivity index (χ4n) is 3.30. The molecule has 6 nitrogen and oxygen atoms in total. The van der Waals surface area contributed by atoms with Crippen molar-refractivity contribution >= 4 is 22.4 Å². The molecule has 1 aromatic carbocycles. The van der Waals surface area contributed by atoms with Gasteiger partial charge in [0.25, 0.3) is 5.91 Å². The Kier molecular flexibility index (Phi) is 4.33. The van der Waals surface area contributed by atoms with Gasteiger partial charge in [-0.05, 0) is 48.4 Å². The molecule has 1 aliphatic carbocycles. The van der Waals surface area contributed by atoms with Crippen LogP contribution in [0.4, 0.5) is 5.69 Å². The van der Waals surface area contributed by atoms with Gasteiger partial charge in [-0.1, -0.05) is 12.8 Å². The van der Waals surface area contributed by atoms with Gasteiger partial charge in [0.05, 0.1) is 6.61 Å². The lowest BCUT2D eigenvalue weighted by Crippen LogP contribution is -2.13. The van der Waals surface area contributed by atoms with Crippen molar-refractivity contribution in [2.75, 3.05) is 11.9 Å². The van der Waals surface area contributed by atoms with Crippen LogP contribution < -0.4 is 10.1 Å². The van der Waals surface area contributed by atoms with Crippen LogP contribution >= 0.6 is 0 Å². The third-order valence-electron chi connectivity index (χ3n) is 4.63. The fourth-order valence-corrected chi connectivity index (χ4v) is 3.30. The molecule has 0 saturated heterocycles. The van der Waals surface area contributed by atoms with Gasteiger partial charge in [0.1, 0.15) is 0 Å². The van der Waals surface area contributed by atoms with E-state index in [1.54, 1.807) is 18.6 Å². The second-order valence-electron chi connectivity index (χ2n) is 6.41. The molecule has 0 aliphatic heterocycles. The Morgan fingerprint density at radius 2 is 2.08 bits per heavy atom. The number of benzene rings is 1. The summed E-state index contributed by atoms with van der Waals surface area (Å²) < 4.78 is 5.97. The van der Waals surface area contributed by atoms with E-state index in [1.165, 1.54) is 25.7 Å². The number of nitrogens with zero attached hydrogens (tertiary/aromatic N) is 2. The molecule has 2 N–H and O–H groups in total. The van der Waals surface area contributed by atoms with Crippen molar-refractivity contribution < 1.29 is 9.53 Å². The van der Waals surface area contributed by atoms with E-state index in [1.807, 2.05) is 24.3 Å². The first kappa shape index (κ1) is 15.6. The van der Waals surface area contributed by atoms with Crippen LogP contribution in [0.5, 0.6) is 5.88 Å². The maximum atomic E-state index is 12.1. The second-order valence-corrected chi connectivity index (χ2v) is 6.41. The molecule has 3 aromatic rings. The van der Waals surface area contributed by atoms with Crippen molar-refractivity contribution in [3.05, 3.63) is 48.7 Å². The number of pyridine rings is 1. The highest BCUT2D eigenvalue weighted by molar-refractivity contribution is 6.03. The molecule has 1 saturated carbocycles. The van der Waals surface area contributed by atoms with E-state index in [-0.39, 0.29) is 11.7 Å². The Balaban J connectivity index is 1.51. The largest absolute Gasteiger partial charge is 0.477 e. The summed E-state index contributed by atoms with van der Waals surface area (Å²) in [5, 5.41) is 4.77. The maximum absolute atomic E-state index is 12.1. The summed E-state index contributed by atoms with van der Waals surface area (Å²) >= 11 is 0. The Morgan fingerprint density at radius 1 is 1.20 bits per heavy atom. The lowest BCUT2D eigenvalue weighted by Gasteiger charge is -2.13. The number of H-pyrrole nitrogens is 1. The predicted molar refractivity (Wildman–Crippen MR) is 95.7 cm³/mol. The molecule has 6 heteroatoms. The first-order valence-electron chi connectivity index (χ1n) is 8.62. The van der Waals surface area contributed by atoms with Gasteiger partial charge in [-0.3, -0.25) is 4.79 Å². The molecular formula is C19H20N4O2. The number of fused-ring (bicyclic) bond motifs is 1. The van der Waals surface area contributed by atoms with E-state index in [0.717, 1.165) is 17.4 Å². The molecular weight excluding hydrogens is 316 g/mol. The van der Waals surface area contributed by atoms with Crippen LogP contribution in [-0.2, 0) is 0 Å². The van der Waals surface area contributed by atoms with Crippen LogP contribution in [0, 0.1) is 5.92 Å². The number of carbonyl (C=O) groups excluding carboxylic acids is 1. The second kappa shape index (κ2) is 6.93. The summed E-state index contributed by atoms with van der Waals surface area (Å²) in [5.74, 6) is 1.32. The smallest absolute Gasteiger partial charge is 0.291 e. The van der Waals surface area contributed by atoms with Crippen LogP contribution in [-0.4, -0.2) is 27.5 Å². The van der Waals surface area contributed by atoms with Gasteiger partial charge in [-0.2, -0.15) is 0 Å². The van der Waals surface area contributed by atoms with Crippen LogP contribution in [0.15, 0.2) is 42.9 Å². The normalized spacial score (nSPS) is 14.7. The molecule has 0 bridgehead atoms. The molecule has 0 spiro atoms. The number of rotatable bonds is 5. The highest BCUT2D eigenvalue weighted by Crippen LogP contribution is 2.29. The Morgan fingerprint density at radius 3 is 2.88 bits per heavy atom. The van der Waals surface area contributed by atoms with E-state index >= 15 is 0 Å². The third kappa shape index (κ3) is 3.47. The molecule has 1 amide bonds. The number of aromatic amines is 1. The molecule has 2 heterocycles. The minimum Gasteiger partial charge on any atom is -0.477 e. The Labute approximate surface area is 145 Å². The van der Waals surface area contributed by atoms with Gasteiger partial charge in [0.2, 0.25) is 5.88 Å². The van der Waals surface area contributed by atoms with Crippen LogP contribution in [0.1, 0.15) is 36.3 Å². The van der Waals surface area contributed by atoms with Crippen molar-refractivity contribution in [1.29, 1.82) is 0 Å². The monoisotopic (exact) mass is 336 g/mol. The molecule has 2 aromatic heterocycles. The van der Waals surface area contributed by atoms with E-state index in [4.69, 9.17) is 4.74 Å². The van der Waals surface area contributed by atoms with Crippen molar-refractivity contribution in [2.45, 2.75) is 25.7 Å². The van der Waals surface area contributed by atoms with Crippen molar-refractivity contribution in [1.82, 2.24) is 15.0 Å². The minimum atomic E-state index is -0.267. The SMILES string of the molecule is O=C(Nc1ccc2c(OCC3CCCC3)nccc2c1)c1ncc[nH]1. The number of aromatic nitrogens is 3. The zero-order chi connectivity index (χ0) is 17.1. The lowest BCUT2D eigenvalue weighted by atomic mass is 10.1. The fraction of sp³-hybridized carbons (Fsp3) is 0.316. The quantitative estimate of drug-likeness (QED) is 0.743. The molecule has 0 atom stereocenters. The summed E-state index contributed by atoms with van der Waals surface area (Å²) in [5.41, 5.74) is 0.710. The van der Waals surface area contributed by atoms with Gasteiger partial charge >= 0.3 is 0 Å². The van der Waals surface area contributed by atoms with E-state index in [0.29, 0.717) is 17.5 Å². The van der Waals surface area contributed by atoms with Gasteiger partial charge in [-0.25, -0.2) is 9.97 Å². The van der Waals surface area contributed by atoms with Crippen molar-refractivity contribution in [3.8, 4) is 5.88 Å². The zero-order valence-electron chi connectivity index (χ0n) is 13.9. The van der Waals surface area contributed by atoms with E-state index < -0.39 is 0 Å². The maximum Gasteiger partial charge on any atom is 0.291 e. The van der Waals surface area contributed by atoms with Gasteiger partial charge in [-0.15, -0.1) is 0 Å². The van der Waals surface area contributed by atoms with Crippen LogP contribution in [0.3, 0.4) is 0 Å². The highest BCUT2D eigenvalue weighted by Gasteiger charge is 2.16. The topological polar surface area (TPSA) is 79.9 Å². The number of hydrogen-bond donors (Lipinski definition) is 2. The van der Waals surface area contributed by atoms with Crippen LogP contribution in [0.25, 0.3) is 10.8 Å². The summed E-state index contributed by atoms with van der Waals surface area (Å²) in [4.78, 5) is 23.2. The number of amides is 1. The molecule has 0 unspecified atom stereocenters. The molecule has 4 rings (SSSR count). The summed E-state index contributed by atoms with van der Waals surface area (Å²) in [7, 11) is 0. The molecule has 1 fully saturated rings. The Bertz CT molecular complexity index is 870. The molecule has 1 aliphatic rings. The van der Waals surface area contributed by atoms with Crippen molar-refractivity contribution in [3.63, 3.8) is 0 Å². The number of carbonyl (C=O) groups is 1. The number of ether oxygens (including phenoxy) is 1. The number of hydrogen-bond acceptors (Lipinski definition) is 4. The predicted octanol–water partition coefficient (Wildman–Crippen LogP) is 3.78. The third-order valence-corrected chi connectivity index (χ3v) is 4.63. The number of imidazole rings is 1. The summed E-state index contributed by atoms with van der Waals surface area (Å²) in [6.45, 7) is 0.725. The first-order chi connectivity index (χ1) is 12.3. The van der Waals surface area contributed by atoms with Gasteiger partial charge in [0, 0.05) is 29.7 Å². The molecule has 25 heavy (non-hydrogen) atoms. The molecule has 128 valence electrons. The van der Waals surface area contributed by atoms with Crippen LogP contribution in [0.2, 0.25) is 0 Å². The van der Waals surface area contributed by atoms with Crippen molar-refractivity contribution in [2.24, 2.45) is 5.92 Å². The number of anilines is 1.